The molecule has 2 N–H and O–H groups in total. The molecule has 0 aromatic heterocycles. The van der Waals surface area contributed by atoms with Crippen molar-refractivity contribution < 1.29 is 9.13 Å². The molecule has 1 heterocycles. The van der Waals surface area contributed by atoms with Crippen LogP contribution in [0.25, 0.3) is 0 Å². The number of halogens is 2. The summed E-state index contributed by atoms with van der Waals surface area (Å²) in [5.74, 6) is 2.85. The average molecular weight is 411 g/mol. The second-order valence-electron chi connectivity index (χ2n) is 4.27. The molecule has 1 aromatic carbocycles. The Bertz CT molecular complexity index is 467. The third-order valence-electron chi connectivity index (χ3n) is 2.93. The number of benzene rings is 1. The number of aliphatic imine (C=N–C) groups is 1. The van der Waals surface area contributed by atoms with Gasteiger partial charge in [-0.1, -0.05) is 0 Å². The van der Waals surface area contributed by atoms with E-state index in [9.17, 15) is 4.39 Å². The summed E-state index contributed by atoms with van der Waals surface area (Å²) >= 11 is 1.92. The van der Waals surface area contributed by atoms with Crippen molar-refractivity contribution in [2.45, 2.75) is 6.54 Å². The Labute approximate surface area is 140 Å². The summed E-state index contributed by atoms with van der Waals surface area (Å²) in [6, 6.07) is 4.57. The SMILES string of the molecule is COc1cc(F)cc(CN=C(N)N2CCSCC2)c1.I. The molecule has 1 saturated heterocycles. The van der Waals surface area contributed by atoms with Gasteiger partial charge < -0.3 is 15.4 Å². The topological polar surface area (TPSA) is 50.9 Å². The fraction of sp³-hybridized carbons (Fsp3) is 0.462. The van der Waals surface area contributed by atoms with Crippen molar-refractivity contribution in [1.82, 2.24) is 4.90 Å². The summed E-state index contributed by atoms with van der Waals surface area (Å²) in [6.45, 7) is 2.21. The highest BCUT2D eigenvalue weighted by atomic mass is 127. The van der Waals surface area contributed by atoms with Gasteiger partial charge in [-0.05, 0) is 17.7 Å². The lowest BCUT2D eigenvalue weighted by Gasteiger charge is -2.27. The van der Waals surface area contributed by atoms with Crippen LogP contribution in [0.15, 0.2) is 23.2 Å². The van der Waals surface area contributed by atoms with Gasteiger partial charge in [-0.2, -0.15) is 11.8 Å². The third kappa shape index (κ3) is 5.01. The van der Waals surface area contributed by atoms with E-state index in [1.54, 1.807) is 6.07 Å². The summed E-state index contributed by atoms with van der Waals surface area (Å²) in [5.41, 5.74) is 6.70. The van der Waals surface area contributed by atoms with E-state index in [0.29, 0.717) is 18.3 Å². The second kappa shape index (κ2) is 8.56. The van der Waals surface area contributed by atoms with Crippen LogP contribution >= 0.6 is 35.7 Å². The van der Waals surface area contributed by atoms with Crippen LogP contribution in [0.1, 0.15) is 5.56 Å². The number of guanidine groups is 1. The highest BCUT2D eigenvalue weighted by Gasteiger charge is 2.12. The molecular weight excluding hydrogens is 392 g/mol. The summed E-state index contributed by atoms with van der Waals surface area (Å²) < 4.78 is 18.3. The Morgan fingerprint density at radius 1 is 1.40 bits per heavy atom. The molecule has 0 radical (unpaired) electrons. The van der Waals surface area contributed by atoms with E-state index in [2.05, 4.69) is 9.89 Å². The Morgan fingerprint density at radius 2 is 2.10 bits per heavy atom. The van der Waals surface area contributed by atoms with Crippen LogP contribution < -0.4 is 10.5 Å². The lowest BCUT2D eigenvalue weighted by Crippen LogP contribution is -2.42. The van der Waals surface area contributed by atoms with Crippen molar-refractivity contribution >= 4 is 41.7 Å². The summed E-state index contributed by atoms with van der Waals surface area (Å²) in [6.07, 6.45) is 0. The fourth-order valence-electron chi connectivity index (χ4n) is 1.89. The summed E-state index contributed by atoms with van der Waals surface area (Å²) in [4.78, 5) is 6.39. The zero-order chi connectivity index (χ0) is 13.7. The van der Waals surface area contributed by atoms with Gasteiger partial charge in [0.05, 0.1) is 13.7 Å². The normalized spacial score (nSPS) is 15.7. The molecule has 0 saturated carbocycles. The van der Waals surface area contributed by atoms with E-state index in [1.807, 2.05) is 11.8 Å². The molecule has 7 heteroatoms. The first-order valence-electron chi connectivity index (χ1n) is 6.15. The van der Waals surface area contributed by atoms with Crippen LogP contribution in [0.3, 0.4) is 0 Å². The third-order valence-corrected chi connectivity index (χ3v) is 3.87. The molecule has 1 aliphatic heterocycles. The maximum absolute atomic E-state index is 13.3. The number of nitrogens with zero attached hydrogens (tertiary/aromatic N) is 2. The summed E-state index contributed by atoms with van der Waals surface area (Å²) in [7, 11) is 1.52. The van der Waals surface area contributed by atoms with Crippen molar-refractivity contribution in [2.75, 3.05) is 31.7 Å². The Hall–Kier alpha value is -0.700. The van der Waals surface area contributed by atoms with Crippen LogP contribution in [0.5, 0.6) is 5.75 Å². The second-order valence-corrected chi connectivity index (χ2v) is 5.50. The molecule has 0 aliphatic carbocycles. The molecule has 20 heavy (non-hydrogen) atoms. The van der Waals surface area contributed by atoms with Crippen LogP contribution in [0.4, 0.5) is 4.39 Å². The van der Waals surface area contributed by atoms with Gasteiger partial charge in [-0.25, -0.2) is 9.38 Å². The van der Waals surface area contributed by atoms with E-state index < -0.39 is 0 Å². The Balaban J connectivity index is 0.00000200. The highest BCUT2D eigenvalue weighted by molar-refractivity contribution is 14.0. The minimum absolute atomic E-state index is 0. The minimum atomic E-state index is -0.322. The standard InChI is InChI=1S/C13H18FN3OS.HI/c1-18-12-7-10(6-11(14)8-12)9-16-13(15)17-2-4-19-5-3-17;/h6-8H,2-5,9H2,1H3,(H2,15,16);1H. The predicted octanol–water partition coefficient (Wildman–Crippen LogP) is 2.32. The quantitative estimate of drug-likeness (QED) is 0.471. The highest BCUT2D eigenvalue weighted by Crippen LogP contribution is 2.17. The van der Waals surface area contributed by atoms with Gasteiger partial charge >= 0.3 is 0 Å². The van der Waals surface area contributed by atoms with E-state index >= 15 is 0 Å². The first-order valence-corrected chi connectivity index (χ1v) is 7.30. The molecule has 0 spiro atoms. The lowest BCUT2D eigenvalue weighted by atomic mass is 10.2. The minimum Gasteiger partial charge on any atom is -0.497 e. The average Bonchev–Trinajstić information content (AvgIpc) is 2.45. The van der Waals surface area contributed by atoms with Crippen molar-refractivity contribution in [3.8, 4) is 5.75 Å². The van der Waals surface area contributed by atoms with Crippen LogP contribution in [-0.4, -0.2) is 42.6 Å². The molecular formula is C13H19FIN3OS. The molecule has 0 bridgehead atoms. The molecule has 2 rings (SSSR count). The number of rotatable bonds is 3. The zero-order valence-electron chi connectivity index (χ0n) is 11.3. The van der Waals surface area contributed by atoms with Gasteiger partial charge in [0, 0.05) is 30.7 Å². The number of nitrogens with two attached hydrogens (primary N) is 1. The van der Waals surface area contributed by atoms with E-state index in [1.165, 1.54) is 19.2 Å². The number of hydrogen-bond donors (Lipinski definition) is 1. The first kappa shape index (κ1) is 17.4. The van der Waals surface area contributed by atoms with E-state index in [0.717, 1.165) is 30.2 Å². The van der Waals surface area contributed by atoms with Crippen LogP contribution in [0.2, 0.25) is 0 Å². The molecule has 1 fully saturated rings. The molecule has 1 aromatic rings. The van der Waals surface area contributed by atoms with Crippen LogP contribution in [0, 0.1) is 5.82 Å². The lowest BCUT2D eigenvalue weighted by molar-refractivity contribution is 0.410. The molecule has 0 amide bonds. The van der Waals surface area contributed by atoms with E-state index in [-0.39, 0.29) is 29.8 Å². The van der Waals surface area contributed by atoms with Gasteiger partial charge in [0.2, 0.25) is 0 Å². The monoisotopic (exact) mass is 411 g/mol. The van der Waals surface area contributed by atoms with Crippen molar-refractivity contribution in [3.63, 3.8) is 0 Å². The van der Waals surface area contributed by atoms with Crippen molar-refractivity contribution in [3.05, 3.63) is 29.6 Å². The smallest absolute Gasteiger partial charge is 0.191 e. The number of hydrogen-bond acceptors (Lipinski definition) is 3. The van der Waals surface area contributed by atoms with Crippen LogP contribution in [-0.2, 0) is 6.54 Å². The molecule has 0 unspecified atom stereocenters. The number of ether oxygens (including phenoxy) is 1. The number of thioether (sulfide) groups is 1. The summed E-state index contributed by atoms with van der Waals surface area (Å²) in [5, 5.41) is 0. The Kier molecular flexibility index (Phi) is 7.42. The zero-order valence-corrected chi connectivity index (χ0v) is 14.5. The van der Waals surface area contributed by atoms with Crippen molar-refractivity contribution in [2.24, 2.45) is 10.7 Å². The molecule has 4 nitrogen and oxygen atoms in total. The van der Waals surface area contributed by atoms with Crippen molar-refractivity contribution in [1.29, 1.82) is 0 Å². The first-order chi connectivity index (χ1) is 9.19. The van der Waals surface area contributed by atoms with E-state index in [4.69, 9.17) is 10.5 Å². The predicted molar refractivity (Wildman–Crippen MR) is 92.6 cm³/mol. The Morgan fingerprint density at radius 3 is 2.75 bits per heavy atom. The fourth-order valence-corrected chi connectivity index (χ4v) is 2.80. The van der Waals surface area contributed by atoms with Gasteiger partial charge in [0.25, 0.3) is 0 Å². The maximum atomic E-state index is 13.3. The number of methoxy groups -OCH3 is 1. The largest absolute Gasteiger partial charge is 0.497 e. The van der Waals surface area contributed by atoms with Gasteiger partial charge in [0.1, 0.15) is 11.6 Å². The molecule has 112 valence electrons. The van der Waals surface area contributed by atoms with Gasteiger partial charge in [-0.15, -0.1) is 24.0 Å². The molecule has 0 atom stereocenters. The maximum Gasteiger partial charge on any atom is 0.191 e. The molecule has 1 aliphatic rings. The van der Waals surface area contributed by atoms with Gasteiger partial charge in [-0.3, -0.25) is 0 Å². The van der Waals surface area contributed by atoms with Gasteiger partial charge in [0.15, 0.2) is 5.96 Å².